The highest BCUT2D eigenvalue weighted by molar-refractivity contribution is 4.92. The molecule has 1 rings (SSSR count). The van der Waals surface area contributed by atoms with Crippen LogP contribution in [0.4, 0.5) is 0 Å². The summed E-state index contributed by atoms with van der Waals surface area (Å²) in [5.74, 6) is 0. The van der Waals surface area contributed by atoms with Gasteiger partial charge in [0.1, 0.15) is 0 Å². The largest absolute Gasteiger partial charge is 0.383 e. The average molecular weight is 212 g/mol. The first-order chi connectivity index (χ1) is 7.43. The molecule has 1 aromatic rings. The van der Waals surface area contributed by atoms with E-state index in [1.54, 1.807) is 13.4 Å². The smallest absolute Gasteiger partial charge is 0.0922 e. The molecule has 0 fully saturated rings. The van der Waals surface area contributed by atoms with Crippen molar-refractivity contribution in [3.8, 4) is 0 Å². The molecule has 0 bridgehead atoms. The predicted molar refractivity (Wildman–Crippen MR) is 59.7 cm³/mol. The van der Waals surface area contributed by atoms with Crippen molar-refractivity contribution < 1.29 is 4.74 Å². The Labute approximate surface area is 90.6 Å². The fourth-order valence-corrected chi connectivity index (χ4v) is 1.24. The Morgan fingerprint density at radius 3 is 2.93 bits per heavy atom. The van der Waals surface area contributed by atoms with Gasteiger partial charge in [0.2, 0.25) is 0 Å². The summed E-state index contributed by atoms with van der Waals surface area (Å²) >= 11 is 0. The Morgan fingerprint density at radius 1 is 1.33 bits per heavy atom. The van der Waals surface area contributed by atoms with Crippen molar-refractivity contribution >= 4 is 0 Å². The number of imidazole rings is 1. The molecule has 0 aliphatic rings. The van der Waals surface area contributed by atoms with Crippen LogP contribution in [0.5, 0.6) is 0 Å². The number of rotatable bonds is 9. The second-order valence-electron chi connectivity index (χ2n) is 3.35. The maximum absolute atomic E-state index is 4.93. The Morgan fingerprint density at radius 2 is 2.20 bits per heavy atom. The summed E-state index contributed by atoms with van der Waals surface area (Å²) in [6.07, 6.45) is 4.66. The molecule has 5 heteroatoms. The molecule has 3 N–H and O–H groups in total. The highest BCUT2D eigenvalue weighted by Gasteiger charge is 1.92. The van der Waals surface area contributed by atoms with Crippen LogP contribution in [0.2, 0.25) is 0 Å². The number of aromatic amines is 1. The standard InChI is InChI=1S/C10H20N4O/c1-15-6-5-11-3-2-4-12-7-10-8-13-9-14-10/h8-9,11-12H,2-7H2,1H3,(H,13,14). The van der Waals surface area contributed by atoms with E-state index in [9.17, 15) is 0 Å². The molecule has 0 saturated carbocycles. The van der Waals surface area contributed by atoms with Gasteiger partial charge in [0.15, 0.2) is 0 Å². The zero-order valence-corrected chi connectivity index (χ0v) is 9.25. The van der Waals surface area contributed by atoms with Crippen LogP contribution in [-0.2, 0) is 11.3 Å². The monoisotopic (exact) mass is 212 g/mol. The first-order valence-electron chi connectivity index (χ1n) is 5.31. The zero-order chi connectivity index (χ0) is 10.8. The van der Waals surface area contributed by atoms with Crippen LogP contribution in [0.15, 0.2) is 12.5 Å². The van der Waals surface area contributed by atoms with E-state index in [1.165, 1.54) is 0 Å². The fourth-order valence-electron chi connectivity index (χ4n) is 1.24. The van der Waals surface area contributed by atoms with E-state index in [2.05, 4.69) is 20.6 Å². The van der Waals surface area contributed by atoms with Crippen LogP contribution in [0.3, 0.4) is 0 Å². The Kier molecular flexibility index (Phi) is 6.81. The predicted octanol–water partition coefficient (Wildman–Crippen LogP) is 0.125. The van der Waals surface area contributed by atoms with Crippen molar-refractivity contribution in [2.24, 2.45) is 0 Å². The van der Waals surface area contributed by atoms with Crippen molar-refractivity contribution in [1.29, 1.82) is 0 Å². The van der Waals surface area contributed by atoms with E-state index in [4.69, 9.17) is 4.74 Å². The minimum Gasteiger partial charge on any atom is -0.383 e. The minimum atomic E-state index is 0.779. The van der Waals surface area contributed by atoms with Gasteiger partial charge in [-0.3, -0.25) is 0 Å². The van der Waals surface area contributed by atoms with Crippen LogP contribution in [-0.4, -0.2) is 43.3 Å². The van der Waals surface area contributed by atoms with Crippen molar-refractivity contribution in [3.05, 3.63) is 18.2 Å². The first kappa shape index (κ1) is 12.2. The van der Waals surface area contributed by atoms with Crippen molar-refractivity contribution in [3.63, 3.8) is 0 Å². The number of aromatic nitrogens is 2. The second-order valence-corrected chi connectivity index (χ2v) is 3.35. The molecular formula is C10H20N4O. The lowest BCUT2D eigenvalue weighted by molar-refractivity contribution is 0.199. The van der Waals surface area contributed by atoms with Crippen molar-refractivity contribution in [2.45, 2.75) is 13.0 Å². The summed E-state index contributed by atoms with van der Waals surface area (Å²) in [5, 5.41) is 6.63. The van der Waals surface area contributed by atoms with Crippen LogP contribution < -0.4 is 10.6 Å². The topological polar surface area (TPSA) is 62.0 Å². The molecule has 0 saturated heterocycles. The number of hydrogen-bond donors (Lipinski definition) is 3. The van der Waals surface area contributed by atoms with E-state index in [0.717, 1.165) is 44.9 Å². The molecule has 0 atom stereocenters. The van der Waals surface area contributed by atoms with Gasteiger partial charge in [-0.05, 0) is 19.5 Å². The molecule has 15 heavy (non-hydrogen) atoms. The van der Waals surface area contributed by atoms with E-state index < -0.39 is 0 Å². The lowest BCUT2D eigenvalue weighted by Crippen LogP contribution is -2.24. The maximum Gasteiger partial charge on any atom is 0.0922 e. The molecule has 0 aromatic carbocycles. The number of nitrogens with zero attached hydrogens (tertiary/aromatic N) is 1. The molecule has 0 unspecified atom stereocenters. The normalized spacial score (nSPS) is 10.7. The molecule has 1 heterocycles. The second kappa shape index (κ2) is 8.40. The first-order valence-corrected chi connectivity index (χ1v) is 5.31. The van der Waals surface area contributed by atoms with E-state index in [-0.39, 0.29) is 0 Å². The van der Waals surface area contributed by atoms with Crippen LogP contribution in [0, 0.1) is 0 Å². The van der Waals surface area contributed by atoms with Gasteiger partial charge in [-0.2, -0.15) is 0 Å². The van der Waals surface area contributed by atoms with E-state index in [1.807, 2.05) is 6.20 Å². The quantitative estimate of drug-likeness (QED) is 0.509. The van der Waals surface area contributed by atoms with Gasteiger partial charge in [0.25, 0.3) is 0 Å². The molecule has 0 amide bonds. The molecule has 1 aromatic heterocycles. The number of nitrogens with one attached hydrogen (secondary N) is 3. The number of hydrogen-bond acceptors (Lipinski definition) is 4. The minimum absolute atomic E-state index is 0.779. The SMILES string of the molecule is COCCNCCCNCc1cnc[nH]1. The third kappa shape index (κ3) is 6.22. The Bertz CT molecular complexity index is 225. The van der Waals surface area contributed by atoms with Gasteiger partial charge in [0, 0.05) is 32.1 Å². The van der Waals surface area contributed by atoms with Crippen molar-refractivity contribution in [2.75, 3.05) is 33.4 Å². The van der Waals surface area contributed by atoms with Gasteiger partial charge in [-0.1, -0.05) is 0 Å². The maximum atomic E-state index is 4.93. The molecule has 86 valence electrons. The summed E-state index contributed by atoms with van der Waals surface area (Å²) in [6.45, 7) is 4.61. The highest BCUT2D eigenvalue weighted by atomic mass is 16.5. The Balaban J connectivity index is 1.81. The zero-order valence-electron chi connectivity index (χ0n) is 9.25. The summed E-state index contributed by atoms with van der Waals surface area (Å²) in [4.78, 5) is 7.00. The lowest BCUT2D eigenvalue weighted by atomic mass is 10.4. The van der Waals surface area contributed by atoms with Gasteiger partial charge in [-0.15, -0.1) is 0 Å². The molecule has 0 spiro atoms. The Hall–Kier alpha value is -0.910. The summed E-state index contributed by atoms with van der Waals surface area (Å²) < 4.78 is 4.93. The van der Waals surface area contributed by atoms with Gasteiger partial charge in [-0.25, -0.2) is 4.98 Å². The van der Waals surface area contributed by atoms with E-state index >= 15 is 0 Å². The van der Waals surface area contributed by atoms with Crippen LogP contribution in [0.1, 0.15) is 12.1 Å². The van der Waals surface area contributed by atoms with Gasteiger partial charge >= 0.3 is 0 Å². The van der Waals surface area contributed by atoms with Gasteiger partial charge < -0.3 is 20.4 Å². The molecule has 0 radical (unpaired) electrons. The average Bonchev–Trinajstić information content (AvgIpc) is 2.75. The fraction of sp³-hybridized carbons (Fsp3) is 0.700. The number of H-pyrrole nitrogens is 1. The summed E-state index contributed by atoms with van der Waals surface area (Å²) in [6, 6.07) is 0. The summed E-state index contributed by atoms with van der Waals surface area (Å²) in [5.41, 5.74) is 1.13. The number of methoxy groups -OCH3 is 1. The third-order valence-corrected chi connectivity index (χ3v) is 2.06. The third-order valence-electron chi connectivity index (χ3n) is 2.06. The molecule has 5 nitrogen and oxygen atoms in total. The summed E-state index contributed by atoms with van der Waals surface area (Å²) in [7, 11) is 1.72. The van der Waals surface area contributed by atoms with Gasteiger partial charge in [0.05, 0.1) is 12.9 Å². The molecule has 0 aliphatic heterocycles. The van der Waals surface area contributed by atoms with Crippen LogP contribution in [0.25, 0.3) is 0 Å². The van der Waals surface area contributed by atoms with Crippen molar-refractivity contribution in [1.82, 2.24) is 20.6 Å². The highest BCUT2D eigenvalue weighted by Crippen LogP contribution is 1.88. The molecule has 0 aliphatic carbocycles. The molecular weight excluding hydrogens is 192 g/mol. The number of ether oxygens (including phenoxy) is 1. The van der Waals surface area contributed by atoms with E-state index in [0.29, 0.717) is 0 Å². The van der Waals surface area contributed by atoms with Crippen LogP contribution >= 0.6 is 0 Å². The lowest BCUT2D eigenvalue weighted by Gasteiger charge is -2.04.